The molecule has 7 rings (SSSR count). The van der Waals surface area contributed by atoms with Crippen LogP contribution in [-0.4, -0.2) is 35.6 Å². The maximum absolute atomic E-state index is 6.35. The number of nitrogens with zero attached hydrogens (tertiary/aromatic N) is 2. The Kier molecular flexibility index (Phi) is 9.80. The Balaban J connectivity index is 1.83. The number of terminal acetylenes is 6. The van der Waals surface area contributed by atoms with Gasteiger partial charge in [0.15, 0.2) is 23.0 Å². The first-order chi connectivity index (χ1) is 26.6. The van der Waals surface area contributed by atoms with Crippen LogP contribution in [0.5, 0.6) is 23.0 Å². The van der Waals surface area contributed by atoms with E-state index in [9.17, 15) is 0 Å². The first kappa shape index (κ1) is 34.7. The van der Waals surface area contributed by atoms with Crippen LogP contribution in [0.2, 0.25) is 0 Å². The molecule has 0 bridgehead atoms. The second kappa shape index (κ2) is 15.2. The summed E-state index contributed by atoms with van der Waals surface area (Å²) in [7, 11) is 0. The van der Waals surface area contributed by atoms with Crippen molar-refractivity contribution in [3.05, 3.63) is 84.9 Å². The van der Waals surface area contributed by atoms with Crippen molar-refractivity contribution in [3.8, 4) is 119 Å². The number of para-hydroxylation sites is 4. The quantitative estimate of drug-likeness (QED) is 0.120. The minimum atomic E-state index is -0.0136. The van der Waals surface area contributed by atoms with Crippen LogP contribution in [0.15, 0.2) is 84.9 Å². The Bertz CT molecular complexity index is 2670. The van der Waals surface area contributed by atoms with Crippen LogP contribution in [0.3, 0.4) is 0 Å². The van der Waals surface area contributed by atoms with Crippen molar-refractivity contribution in [1.82, 2.24) is 9.13 Å². The molecule has 54 heavy (non-hydrogen) atoms. The summed E-state index contributed by atoms with van der Waals surface area (Å²) in [5.74, 6) is 17.9. The highest BCUT2D eigenvalue weighted by Crippen LogP contribution is 2.55. The van der Waals surface area contributed by atoms with E-state index in [1.165, 1.54) is 0 Å². The molecule has 0 amide bonds. The molecule has 0 unspecified atom stereocenters. The fraction of sp³-hybridized carbons (Fsp3) is 0.125. The first-order valence-electron chi connectivity index (χ1n) is 17.0. The van der Waals surface area contributed by atoms with Gasteiger partial charge in [-0.3, -0.25) is 0 Å². The van der Waals surface area contributed by atoms with E-state index in [4.69, 9.17) is 57.5 Å². The number of hydrogen-bond acceptors (Lipinski definition) is 4. The van der Waals surface area contributed by atoms with Gasteiger partial charge in [-0.1, -0.05) is 96.2 Å². The Hall–Kier alpha value is -7.74. The van der Waals surface area contributed by atoms with Crippen molar-refractivity contribution in [2.45, 2.75) is 13.1 Å². The van der Waals surface area contributed by atoms with E-state index in [0.717, 1.165) is 65.9 Å². The summed E-state index contributed by atoms with van der Waals surface area (Å²) < 4.78 is 29.1. The molecule has 0 aliphatic rings. The predicted molar refractivity (Wildman–Crippen MR) is 218 cm³/mol. The van der Waals surface area contributed by atoms with Gasteiger partial charge in [-0.25, -0.2) is 0 Å². The molecule has 258 valence electrons. The third-order valence-corrected chi connectivity index (χ3v) is 9.13. The predicted octanol–water partition coefficient (Wildman–Crippen LogP) is 8.55. The maximum Gasteiger partial charge on any atom is 0.170 e. The molecule has 2 aromatic heterocycles. The minimum absolute atomic E-state index is 0.0136. The number of ether oxygens (including phenoxy) is 4. The number of aromatic nitrogens is 2. The molecule has 0 N–H and O–H groups in total. The van der Waals surface area contributed by atoms with E-state index in [1.807, 2.05) is 60.7 Å². The van der Waals surface area contributed by atoms with Gasteiger partial charge in [0.25, 0.3) is 0 Å². The molecular formula is C48H32N2O4. The summed E-state index contributed by atoms with van der Waals surface area (Å²) in [6.07, 6.45) is 35.1. The lowest BCUT2D eigenvalue weighted by atomic mass is 9.89. The van der Waals surface area contributed by atoms with Crippen molar-refractivity contribution >= 4 is 43.6 Å². The second-order valence-electron chi connectivity index (χ2n) is 12.0. The Morgan fingerprint density at radius 2 is 0.815 bits per heavy atom. The van der Waals surface area contributed by atoms with Gasteiger partial charge in [-0.15, -0.1) is 38.5 Å². The first-order valence-corrected chi connectivity index (χ1v) is 17.0. The zero-order valence-corrected chi connectivity index (χ0v) is 29.3. The van der Waals surface area contributed by atoms with Gasteiger partial charge in [0.05, 0.1) is 35.2 Å². The van der Waals surface area contributed by atoms with Gasteiger partial charge >= 0.3 is 0 Å². The Morgan fingerprint density at radius 1 is 0.426 bits per heavy atom. The molecule has 0 aliphatic heterocycles. The van der Waals surface area contributed by atoms with Gasteiger partial charge in [0.2, 0.25) is 0 Å². The van der Waals surface area contributed by atoms with Crippen molar-refractivity contribution in [3.63, 3.8) is 0 Å². The number of fused-ring (bicyclic) bond motifs is 6. The third-order valence-electron chi connectivity index (χ3n) is 9.13. The van der Waals surface area contributed by atoms with Crippen molar-refractivity contribution in [2.24, 2.45) is 0 Å². The SMILES string of the molecule is C#CCOc1cccc(-c2c3c4ccccc4n(CC#C)c3c(-c3cccc(OCC#C)c3OCC#C)c3c4ccccc4n(CC#C)c23)c1OCC#C. The average Bonchev–Trinajstić information content (AvgIpc) is 3.70. The Morgan fingerprint density at radius 3 is 1.20 bits per heavy atom. The number of hydrogen-bond donors (Lipinski definition) is 0. The van der Waals surface area contributed by atoms with Crippen LogP contribution in [0.1, 0.15) is 0 Å². The summed E-state index contributed by atoms with van der Waals surface area (Å²) in [6, 6.07) is 27.7. The van der Waals surface area contributed by atoms with Gasteiger partial charge < -0.3 is 28.1 Å². The largest absolute Gasteiger partial charge is 0.477 e. The molecule has 0 atom stereocenters. The minimum Gasteiger partial charge on any atom is -0.477 e. The fourth-order valence-corrected chi connectivity index (χ4v) is 7.32. The van der Waals surface area contributed by atoms with Crippen LogP contribution in [0.25, 0.3) is 65.9 Å². The van der Waals surface area contributed by atoms with E-state index in [1.54, 1.807) is 0 Å². The standard InChI is InChI=1S/C48H32N2O4/c1-7-27-49-37-23-15-13-19-33(37)41-44(36-22-18-26-40(52-30-10-4)48(36)54-32-12-6)46-42(34-20-14-16-24-38(34)50(46)28-8-2)43(45(41)49)35-21-17-25-39(51-29-9-3)47(35)53-31-11-5/h1-6,13-26H,27-32H2. The van der Waals surface area contributed by atoms with E-state index in [0.29, 0.717) is 23.0 Å². The average molecular weight is 701 g/mol. The third kappa shape index (κ3) is 5.73. The molecule has 2 heterocycles. The highest BCUT2D eigenvalue weighted by molar-refractivity contribution is 6.33. The number of rotatable bonds is 12. The lowest BCUT2D eigenvalue weighted by Crippen LogP contribution is -2.05. The normalized spacial score (nSPS) is 10.6. The molecule has 7 aromatic rings. The van der Waals surface area contributed by atoms with E-state index >= 15 is 0 Å². The topological polar surface area (TPSA) is 46.8 Å². The van der Waals surface area contributed by atoms with Crippen LogP contribution in [-0.2, 0) is 13.1 Å². The van der Waals surface area contributed by atoms with Crippen LogP contribution < -0.4 is 18.9 Å². The Labute approximate surface area is 314 Å². The summed E-state index contributed by atoms with van der Waals surface area (Å²) in [5, 5.41) is 3.67. The lowest BCUT2D eigenvalue weighted by molar-refractivity contribution is 0.315. The van der Waals surface area contributed by atoms with Crippen molar-refractivity contribution in [1.29, 1.82) is 0 Å². The fourth-order valence-electron chi connectivity index (χ4n) is 7.32. The molecule has 0 spiro atoms. The molecule has 0 fully saturated rings. The zero-order chi connectivity index (χ0) is 37.6. The summed E-state index contributed by atoms with van der Waals surface area (Å²) >= 11 is 0. The van der Waals surface area contributed by atoms with E-state index in [-0.39, 0.29) is 39.5 Å². The molecule has 0 saturated heterocycles. The zero-order valence-electron chi connectivity index (χ0n) is 29.3. The van der Waals surface area contributed by atoms with Gasteiger partial charge in [0.1, 0.15) is 26.4 Å². The van der Waals surface area contributed by atoms with E-state index in [2.05, 4.69) is 68.9 Å². The van der Waals surface area contributed by atoms with Crippen LogP contribution in [0, 0.1) is 74.1 Å². The molecular weight excluding hydrogens is 669 g/mol. The van der Waals surface area contributed by atoms with E-state index < -0.39 is 0 Å². The van der Waals surface area contributed by atoms with Crippen molar-refractivity contribution < 1.29 is 18.9 Å². The smallest absolute Gasteiger partial charge is 0.170 e. The monoisotopic (exact) mass is 700 g/mol. The second-order valence-corrected chi connectivity index (χ2v) is 12.0. The summed E-state index contributed by atoms with van der Waals surface area (Å²) in [4.78, 5) is 0. The number of benzene rings is 5. The van der Waals surface area contributed by atoms with Gasteiger partial charge in [0, 0.05) is 43.8 Å². The molecule has 6 heteroatoms. The van der Waals surface area contributed by atoms with Gasteiger partial charge in [-0.2, -0.15) is 0 Å². The highest BCUT2D eigenvalue weighted by Gasteiger charge is 2.31. The molecule has 5 aromatic carbocycles. The van der Waals surface area contributed by atoms with Crippen LogP contribution in [0.4, 0.5) is 0 Å². The highest BCUT2D eigenvalue weighted by atomic mass is 16.5. The summed E-state index contributed by atoms with van der Waals surface area (Å²) in [5.41, 5.74) is 6.66. The van der Waals surface area contributed by atoms with Gasteiger partial charge in [-0.05, 0) is 24.3 Å². The lowest BCUT2D eigenvalue weighted by Gasteiger charge is -2.21. The molecule has 6 nitrogen and oxygen atoms in total. The molecule has 0 radical (unpaired) electrons. The van der Waals surface area contributed by atoms with Crippen LogP contribution >= 0.6 is 0 Å². The molecule has 0 aliphatic carbocycles. The maximum atomic E-state index is 6.35. The molecule has 0 saturated carbocycles. The summed E-state index contributed by atoms with van der Waals surface area (Å²) in [6.45, 7) is 0.531. The van der Waals surface area contributed by atoms with Crippen molar-refractivity contribution in [2.75, 3.05) is 26.4 Å².